The molecule has 1 aromatic rings. The molecule has 1 fully saturated rings. The van der Waals surface area contributed by atoms with E-state index in [1.54, 1.807) is 11.8 Å². The monoisotopic (exact) mass is 285 g/mol. The Morgan fingerprint density at radius 1 is 1.44 bits per heavy atom. The molecule has 1 amide bonds. The highest BCUT2D eigenvalue weighted by molar-refractivity contribution is 7.99. The third-order valence-corrected chi connectivity index (χ3v) is 3.89. The van der Waals surface area contributed by atoms with Crippen LogP contribution in [0.4, 0.5) is 0 Å². The van der Waals surface area contributed by atoms with Crippen molar-refractivity contribution in [2.45, 2.75) is 18.6 Å². The smallest absolute Gasteiger partial charge is 0.256 e. The molecule has 0 atom stereocenters. The summed E-state index contributed by atoms with van der Waals surface area (Å²) >= 11 is 7.49. The lowest BCUT2D eigenvalue weighted by Crippen LogP contribution is -2.36. The standard InChI is InChI=1S/C13H16ClNO2S/c14-12-5-3-4-11(8-12)9-18-10-13(16)15-6-1-2-7-17-15/h3-5,8H,1-2,6-7,9-10H2. The van der Waals surface area contributed by atoms with Gasteiger partial charge in [-0.05, 0) is 30.5 Å². The quantitative estimate of drug-likeness (QED) is 0.851. The predicted molar refractivity (Wildman–Crippen MR) is 74.5 cm³/mol. The van der Waals surface area contributed by atoms with Gasteiger partial charge >= 0.3 is 0 Å². The molecule has 0 aliphatic carbocycles. The summed E-state index contributed by atoms with van der Waals surface area (Å²) < 4.78 is 0. The van der Waals surface area contributed by atoms with Crippen molar-refractivity contribution >= 4 is 29.3 Å². The fraction of sp³-hybridized carbons (Fsp3) is 0.462. The van der Waals surface area contributed by atoms with Gasteiger partial charge in [-0.15, -0.1) is 11.8 Å². The lowest BCUT2D eigenvalue weighted by Gasteiger charge is -2.25. The minimum Gasteiger partial charge on any atom is -0.272 e. The number of hydroxylamine groups is 2. The van der Waals surface area contributed by atoms with E-state index in [2.05, 4.69) is 0 Å². The molecule has 2 rings (SSSR count). The Hall–Kier alpha value is -0.710. The molecule has 0 N–H and O–H groups in total. The average Bonchev–Trinajstić information content (AvgIpc) is 2.40. The number of carbonyl (C=O) groups excluding carboxylic acids is 1. The van der Waals surface area contributed by atoms with Gasteiger partial charge in [0.05, 0.1) is 12.4 Å². The van der Waals surface area contributed by atoms with Crippen LogP contribution in [0.25, 0.3) is 0 Å². The van der Waals surface area contributed by atoms with E-state index in [0.29, 0.717) is 12.4 Å². The number of benzene rings is 1. The first-order valence-electron chi connectivity index (χ1n) is 6.01. The van der Waals surface area contributed by atoms with E-state index in [1.165, 1.54) is 5.06 Å². The van der Waals surface area contributed by atoms with Crippen molar-refractivity contribution in [3.63, 3.8) is 0 Å². The highest BCUT2D eigenvalue weighted by Crippen LogP contribution is 2.17. The van der Waals surface area contributed by atoms with E-state index < -0.39 is 0 Å². The van der Waals surface area contributed by atoms with E-state index >= 15 is 0 Å². The third-order valence-electron chi connectivity index (χ3n) is 2.66. The number of amides is 1. The molecule has 1 aliphatic heterocycles. The zero-order valence-electron chi connectivity index (χ0n) is 10.1. The number of hydrogen-bond donors (Lipinski definition) is 0. The summed E-state index contributed by atoms with van der Waals surface area (Å²) in [6.45, 7) is 1.38. The van der Waals surface area contributed by atoms with Gasteiger partial charge in [0.25, 0.3) is 5.91 Å². The summed E-state index contributed by atoms with van der Waals surface area (Å²) in [6.07, 6.45) is 2.07. The fourth-order valence-electron chi connectivity index (χ4n) is 1.75. The van der Waals surface area contributed by atoms with E-state index in [-0.39, 0.29) is 5.91 Å². The molecular weight excluding hydrogens is 270 g/mol. The molecule has 1 heterocycles. The highest BCUT2D eigenvalue weighted by atomic mass is 35.5. The molecule has 0 saturated carbocycles. The normalized spacial score (nSPS) is 15.7. The van der Waals surface area contributed by atoms with Crippen LogP contribution in [0.3, 0.4) is 0 Å². The second kappa shape index (κ2) is 7.02. The molecule has 3 nitrogen and oxygen atoms in total. The number of hydrogen-bond acceptors (Lipinski definition) is 3. The first-order valence-corrected chi connectivity index (χ1v) is 7.54. The van der Waals surface area contributed by atoms with E-state index in [0.717, 1.165) is 35.7 Å². The lowest BCUT2D eigenvalue weighted by atomic mass is 10.2. The first-order chi connectivity index (χ1) is 8.75. The van der Waals surface area contributed by atoms with E-state index in [1.807, 2.05) is 24.3 Å². The summed E-state index contributed by atoms with van der Waals surface area (Å²) in [5, 5.41) is 2.23. The summed E-state index contributed by atoms with van der Waals surface area (Å²) in [5.41, 5.74) is 1.14. The fourth-order valence-corrected chi connectivity index (χ4v) is 2.80. The zero-order valence-corrected chi connectivity index (χ0v) is 11.7. The maximum atomic E-state index is 11.8. The Balaban J connectivity index is 1.73. The van der Waals surface area contributed by atoms with Gasteiger partial charge < -0.3 is 0 Å². The molecule has 0 radical (unpaired) electrons. The molecular formula is C13H16ClNO2S. The van der Waals surface area contributed by atoms with Crippen molar-refractivity contribution in [3.05, 3.63) is 34.9 Å². The van der Waals surface area contributed by atoms with Crippen molar-refractivity contribution in [1.82, 2.24) is 5.06 Å². The average molecular weight is 286 g/mol. The maximum Gasteiger partial charge on any atom is 0.256 e. The minimum atomic E-state index is 0.0572. The summed E-state index contributed by atoms with van der Waals surface area (Å²) in [7, 11) is 0. The van der Waals surface area contributed by atoms with E-state index in [9.17, 15) is 4.79 Å². The summed E-state index contributed by atoms with van der Waals surface area (Å²) in [6, 6.07) is 7.72. The number of rotatable bonds is 4. The Morgan fingerprint density at radius 2 is 2.33 bits per heavy atom. The van der Waals surface area contributed by atoms with Crippen molar-refractivity contribution in [1.29, 1.82) is 0 Å². The second-order valence-electron chi connectivity index (χ2n) is 4.16. The zero-order chi connectivity index (χ0) is 12.8. The number of halogens is 1. The molecule has 5 heteroatoms. The van der Waals surface area contributed by atoms with Crippen LogP contribution in [-0.4, -0.2) is 29.9 Å². The van der Waals surface area contributed by atoms with Gasteiger partial charge in [-0.1, -0.05) is 23.7 Å². The first kappa shape index (κ1) is 13.7. The maximum absolute atomic E-state index is 11.8. The van der Waals surface area contributed by atoms with Crippen molar-refractivity contribution in [2.24, 2.45) is 0 Å². The van der Waals surface area contributed by atoms with Gasteiger partial charge in [-0.3, -0.25) is 9.63 Å². The Labute approximate surface area is 116 Å². The lowest BCUT2D eigenvalue weighted by molar-refractivity contribution is -0.194. The Kier molecular flexibility index (Phi) is 5.35. The van der Waals surface area contributed by atoms with Gasteiger partial charge in [0.2, 0.25) is 0 Å². The molecule has 1 aromatic carbocycles. The SMILES string of the molecule is O=C(CSCc1cccc(Cl)c1)N1CCCCO1. The molecule has 0 spiro atoms. The van der Waals surface area contributed by atoms with Gasteiger partial charge in [0.15, 0.2) is 0 Å². The number of thioether (sulfide) groups is 1. The topological polar surface area (TPSA) is 29.5 Å². The van der Waals surface area contributed by atoms with Crippen molar-refractivity contribution in [2.75, 3.05) is 18.9 Å². The molecule has 1 saturated heterocycles. The summed E-state index contributed by atoms with van der Waals surface area (Å²) in [4.78, 5) is 17.1. The summed E-state index contributed by atoms with van der Waals surface area (Å²) in [5.74, 6) is 1.30. The molecule has 0 aromatic heterocycles. The molecule has 98 valence electrons. The van der Waals surface area contributed by atoms with Crippen LogP contribution < -0.4 is 0 Å². The number of nitrogens with zero attached hydrogens (tertiary/aromatic N) is 1. The van der Waals surface area contributed by atoms with Crippen LogP contribution in [0, 0.1) is 0 Å². The van der Waals surface area contributed by atoms with Gasteiger partial charge in [0.1, 0.15) is 0 Å². The van der Waals surface area contributed by atoms with Crippen LogP contribution in [0.15, 0.2) is 24.3 Å². The minimum absolute atomic E-state index is 0.0572. The van der Waals surface area contributed by atoms with Crippen LogP contribution in [0.2, 0.25) is 5.02 Å². The number of carbonyl (C=O) groups is 1. The van der Waals surface area contributed by atoms with Crippen molar-refractivity contribution < 1.29 is 9.63 Å². The van der Waals surface area contributed by atoms with Crippen LogP contribution in [0.1, 0.15) is 18.4 Å². The largest absolute Gasteiger partial charge is 0.272 e. The third kappa shape index (κ3) is 4.19. The van der Waals surface area contributed by atoms with E-state index in [4.69, 9.17) is 16.4 Å². The molecule has 0 unspecified atom stereocenters. The highest BCUT2D eigenvalue weighted by Gasteiger charge is 2.17. The predicted octanol–water partition coefficient (Wildman–Crippen LogP) is 3.13. The Bertz CT molecular complexity index is 408. The van der Waals surface area contributed by atoms with Crippen LogP contribution >= 0.6 is 23.4 Å². The van der Waals surface area contributed by atoms with Gasteiger partial charge in [-0.25, -0.2) is 5.06 Å². The van der Waals surface area contributed by atoms with Gasteiger partial charge in [0, 0.05) is 17.3 Å². The van der Waals surface area contributed by atoms with Crippen LogP contribution in [-0.2, 0) is 15.4 Å². The van der Waals surface area contributed by atoms with Gasteiger partial charge in [-0.2, -0.15) is 0 Å². The van der Waals surface area contributed by atoms with Crippen LogP contribution in [0.5, 0.6) is 0 Å². The molecule has 1 aliphatic rings. The Morgan fingerprint density at radius 3 is 3.06 bits per heavy atom. The molecule has 0 bridgehead atoms. The molecule has 18 heavy (non-hydrogen) atoms. The second-order valence-corrected chi connectivity index (χ2v) is 5.58. The van der Waals surface area contributed by atoms with Crippen molar-refractivity contribution in [3.8, 4) is 0 Å².